The number of methoxy groups -OCH3 is 2. The van der Waals surface area contributed by atoms with Crippen molar-refractivity contribution in [3.05, 3.63) is 65.9 Å². The summed E-state index contributed by atoms with van der Waals surface area (Å²) in [4.78, 5) is 36.1. The number of hydrogen-bond acceptors (Lipinski definition) is 7. The Kier molecular flexibility index (Phi) is 9.10. The van der Waals surface area contributed by atoms with Crippen LogP contribution in [-0.2, 0) is 19.1 Å². The molecule has 8 nitrogen and oxygen atoms in total. The summed E-state index contributed by atoms with van der Waals surface area (Å²) in [5.74, 6) is -1.59. The van der Waals surface area contributed by atoms with E-state index in [1.165, 1.54) is 13.2 Å². The quantitative estimate of drug-likeness (QED) is 0.267. The number of esters is 2. The number of carbonyl (C=O) groups is 3. The van der Waals surface area contributed by atoms with Gasteiger partial charge in [0.25, 0.3) is 5.91 Å². The second kappa shape index (κ2) is 12.0. The lowest BCUT2D eigenvalue weighted by Crippen LogP contribution is -2.16. The molecule has 0 aromatic heterocycles. The molecule has 0 heterocycles. The summed E-state index contributed by atoms with van der Waals surface area (Å²) in [5, 5.41) is 2.73. The predicted octanol–water partition coefficient (Wildman–Crippen LogP) is 3.73. The van der Waals surface area contributed by atoms with E-state index in [0.29, 0.717) is 23.6 Å². The zero-order valence-electron chi connectivity index (χ0n) is 17.7. The summed E-state index contributed by atoms with van der Waals surface area (Å²) in [5.41, 5.74) is 0.714. The molecule has 31 heavy (non-hydrogen) atoms. The van der Waals surface area contributed by atoms with Gasteiger partial charge in [0, 0.05) is 5.56 Å². The van der Waals surface area contributed by atoms with E-state index in [2.05, 4.69) is 21.7 Å². The Morgan fingerprint density at radius 2 is 1.68 bits per heavy atom. The number of carbonyl (C=O) groups excluding carboxylic acids is 3. The fourth-order valence-corrected chi connectivity index (χ4v) is 2.41. The van der Waals surface area contributed by atoms with Gasteiger partial charge in [0.2, 0.25) is 5.76 Å². The molecule has 8 heteroatoms. The first-order valence-corrected chi connectivity index (χ1v) is 9.67. The Morgan fingerprint density at radius 3 is 2.32 bits per heavy atom. The molecule has 0 spiro atoms. The largest absolute Gasteiger partial charge is 0.494 e. The lowest BCUT2D eigenvalue weighted by atomic mass is 10.2. The minimum atomic E-state index is -0.870. The standard InChI is InChI=1S/C23H25NO7/c1-4-5-14-30-17-12-10-16(11-13-17)22(26)24-18-8-6-7-9-19(18)31-20(23(27)29-3)15-21(25)28-2/h6-13,15H,4-5,14H2,1-3H3,(H,24,26)/b20-15-. The number of anilines is 1. The van der Waals surface area contributed by atoms with Crippen LogP contribution in [0.4, 0.5) is 5.69 Å². The van der Waals surface area contributed by atoms with Gasteiger partial charge < -0.3 is 24.3 Å². The van der Waals surface area contributed by atoms with Crippen LogP contribution in [0.15, 0.2) is 60.4 Å². The monoisotopic (exact) mass is 427 g/mol. The molecule has 2 aromatic carbocycles. The summed E-state index contributed by atoms with van der Waals surface area (Å²) in [6.07, 6.45) is 2.85. The van der Waals surface area contributed by atoms with Crippen molar-refractivity contribution in [3.63, 3.8) is 0 Å². The number of ether oxygens (including phenoxy) is 4. The minimum Gasteiger partial charge on any atom is -0.494 e. The predicted molar refractivity (Wildman–Crippen MR) is 114 cm³/mol. The molecule has 164 valence electrons. The van der Waals surface area contributed by atoms with Gasteiger partial charge >= 0.3 is 11.9 Å². The molecule has 1 N–H and O–H groups in total. The Labute approximate surface area is 180 Å². The summed E-state index contributed by atoms with van der Waals surface area (Å²) in [6.45, 7) is 2.70. The molecule has 0 saturated carbocycles. The maximum absolute atomic E-state index is 12.7. The maximum Gasteiger partial charge on any atom is 0.374 e. The van der Waals surface area contributed by atoms with Gasteiger partial charge in [-0.1, -0.05) is 25.5 Å². The van der Waals surface area contributed by atoms with Crippen LogP contribution in [0.3, 0.4) is 0 Å². The van der Waals surface area contributed by atoms with Gasteiger partial charge in [-0.15, -0.1) is 0 Å². The smallest absolute Gasteiger partial charge is 0.374 e. The Morgan fingerprint density at radius 1 is 0.968 bits per heavy atom. The molecule has 0 saturated heterocycles. The number of nitrogens with one attached hydrogen (secondary N) is 1. The molecule has 1 amide bonds. The summed E-state index contributed by atoms with van der Waals surface area (Å²) in [6, 6.07) is 13.2. The first-order chi connectivity index (χ1) is 15.0. The number of para-hydroxylation sites is 2. The maximum atomic E-state index is 12.7. The van der Waals surface area contributed by atoms with Crippen LogP contribution in [0.5, 0.6) is 11.5 Å². The van der Waals surface area contributed by atoms with Gasteiger partial charge in [-0.3, -0.25) is 4.79 Å². The lowest BCUT2D eigenvalue weighted by molar-refractivity contribution is -0.140. The number of rotatable bonds is 10. The van der Waals surface area contributed by atoms with E-state index in [1.54, 1.807) is 42.5 Å². The summed E-state index contributed by atoms with van der Waals surface area (Å²) in [7, 11) is 2.32. The number of unbranched alkanes of at least 4 members (excludes halogenated alkanes) is 1. The zero-order chi connectivity index (χ0) is 22.6. The molecule has 0 fully saturated rings. The van der Waals surface area contributed by atoms with E-state index >= 15 is 0 Å². The van der Waals surface area contributed by atoms with Crippen LogP contribution in [0, 0.1) is 0 Å². The minimum absolute atomic E-state index is 0.149. The number of hydrogen-bond donors (Lipinski definition) is 1. The average molecular weight is 427 g/mol. The van der Waals surface area contributed by atoms with Crippen LogP contribution >= 0.6 is 0 Å². The van der Waals surface area contributed by atoms with Crippen molar-refractivity contribution in [1.29, 1.82) is 0 Å². The van der Waals surface area contributed by atoms with Crippen LogP contribution in [0.25, 0.3) is 0 Å². The molecule has 2 aromatic rings. The fourth-order valence-electron chi connectivity index (χ4n) is 2.41. The summed E-state index contributed by atoms with van der Waals surface area (Å²) < 4.78 is 20.3. The summed E-state index contributed by atoms with van der Waals surface area (Å²) >= 11 is 0. The molecule has 0 aliphatic heterocycles. The Bertz CT molecular complexity index is 935. The second-order valence-electron chi connectivity index (χ2n) is 6.30. The van der Waals surface area contributed by atoms with E-state index < -0.39 is 11.9 Å². The van der Waals surface area contributed by atoms with E-state index in [9.17, 15) is 14.4 Å². The van der Waals surface area contributed by atoms with E-state index in [4.69, 9.17) is 9.47 Å². The fraction of sp³-hybridized carbons (Fsp3) is 0.261. The lowest BCUT2D eigenvalue weighted by Gasteiger charge is -2.13. The van der Waals surface area contributed by atoms with Crippen molar-refractivity contribution in [1.82, 2.24) is 0 Å². The van der Waals surface area contributed by atoms with Crippen molar-refractivity contribution in [2.45, 2.75) is 19.8 Å². The van der Waals surface area contributed by atoms with Gasteiger partial charge in [-0.2, -0.15) is 0 Å². The van der Waals surface area contributed by atoms with Crippen molar-refractivity contribution in [2.24, 2.45) is 0 Å². The highest BCUT2D eigenvalue weighted by molar-refractivity contribution is 6.05. The molecule has 0 aliphatic carbocycles. The Balaban J connectivity index is 2.16. The van der Waals surface area contributed by atoms with Gasteiger partial charge in [0.15, 0.2) is 5.75 Å². The number of amides is 1. The van der Waals surface area contributed by atoms with Gasteiger partial charge in [-0.05, 0) is 42.8 Å². The van der Waals surface area contributed by atoms with Gasteiger partial charge in [0.05, 0.1) is 32.6 Å². The molecule has 0 aliphatic rings. The first-order valence-electron chi connectivity index (χ1n) is 9.67. The van der Waals surface area contributed by atoms with Crippen molar-refractivity contribution < 1.29 is 33.3 Å². The van der Waals surface area contributed by atoms with Crippen molar-refractivity contribution in [3.8, 4) is 11.5 Å². The third-order valence-electron chi connectivity index (χ3n) is 4.08. The molecular weight excluding hydrogens is 402 g/mol. The highest BCUT2D eigenvalue weighted by atomic mass is 16.6. The van der Waals surface area contributed by atoms with Crippen molar-refractivity contribution in [2.75, 3.05) is 26.1 Å². The Hall–Kier alpha value is -3.81. The average Bonchev–Trinajstić information content (AvgIpc) is 2.79. The van der Waals surface area contributed by atoms with Gasteiger partial charge in [0.1, 0.15) is 5.75 Å². The third-order valence-corrected chi connectivity index (χ3v) is 4.08. The highest BCUT2D eigenvalue weighted by Crippen LogP contribution is 2.27. The first kappa shape index (κ1) is 23.5. The molecule has 0 radical (unpaired) electrons. The van der Waals surface area contributed by atoms with Crippen LogP contribution in [-0.4, -0.2) is 38.7 Å². The molecular formula is C23H25NO7. The van der Waals surface area contributed by atoms with Crippen LogP contribution in [0.2, 0.25) is 0 Å². The van der Waals surface area contributed by atoms with E-state index in [0.717, 1.165) is 26.0 Å². The van der Waals surface area contributed by atoms with E-state index in [-0.39, 0.29) is 17.4 Å². The highest BCUT2D eigenvalue weighted by Gasteiger charge is 2.18. The topological polar surface area (TPSA) is 100 Å². The molecule has 0 atom stereocenters. The molecule has 0 unspecified atom stereocenters. The number of benzene rings is 2. The normalized spacial score (nSPS) is 10.7. The third kappa shape index (κ3) is 7.18. The van der Waals surface area contributed by atoms with E-state index in [1.807, 2.05) is 0 Å². The van der Waals surface area contributed by atoms with Gasteiger partial charge in [-0.25, -0.2) is 9.59 Å². The SMILES string of the molecule is CCCCOc1ccc(C(=O)Nc2ccccc2O/C(=C\C(=O)OC)C(=O)OC)cc1. The molecule has 2 rings (SSSR count). The van der Waals surface area contributed by atoms with Crippen LogP contribution in [0.1, 0.15) is 30.1 Å². The van der Waals surface area contributed by atoms with Crippen molar-refractivity contribution >= 4 is 23.5 Å². The second-order valence-corrected chi connectivity index (χ2v) is 6.30. The van der Waals surface area contributed by atoms with Crippen LogP contribution < -0.4 is 14.8 Å². The molecule has 0 bridgehead atoms. The zero-order valence-corrected chi connectivity index (χ0v) is 17.7.